The van der Waals surface area contributed by atoms with Crippen molar-refractivity contribution in [3.05, 3.63) is 0 Å². The number of nitrogens with one attached hydrogen (secondary N) is 1. The minimum atomic E-state index is 0.0795. The first-order chi connectivity index (χ1) is 9.13. The van der Waals surface area contributed by atoms with Gasteiger partial charge in [0.25, 0.3) is 0 Å². The standard InChI is InChI=1S/C13H24N4O2/c1-16(6-3-5-14)12(18)9-17-7-2-4-10-11(17)8-15-13(10)19/h10-11H,2-9,14H2,1H3,(H,15,19). The summed E-state index contributed by atoms with van der Waals surface area (Å²) < 4.78 is 0. The van der Waals surface area contributed by atoms with E-state index in [0.717, 1.165) is 25.8 Å². The second-order valence-electron chi connectivity index (χ2n) is 5.49. The number of amides is 2. The van der Waals surface area contributed by atoms with Crippen LogP contribution in [0.5, 0.6) is 0 Å². The van der Waals surface area contributed by atoms with E-state index >= 15 is 0 Å². The number of likely N-dealkylation sites (tertiary alicyclic amines) is 1. The monoisotopic (exact) mass is 268 g/mol. The number of nitrogens with zero attached hydrogens (tertiary/aromatic N) is 2. The summed E-state index contributed by atoms with van der Waals surface area (Å²) in [4.78, 5) is 27.7. The van der Waals surface area contributed by atoms with Gasteiger partial charge in [-0.15, -0.1) is 0 Å². The molecule has 19 heavy (non-hydrogen) atoms. The van der Waals surface area contributed by atoms with Crippen LogP contribution < -0.4 is 11.1 Å². The first-order valence-electron chi connectivity index (χ1n) is 7.09. The van der Waals surface area contributed by atoms with Gasteiger partial charge in [-0.3, -0.25) is 14.5 Å². The molecule has 0 spiro atoms. The molecule has 2 heterocycles. The highest BCUT2D eigenvalue weighted by molar-refractivity contribution is 5.82. The largest absolute Gasteiger partial charge is 0.354 e. The third kappa shape index (κ3) is 3.25. The van der Waals surface area contributed by atoms with Crippen LogP contribution in [-0.2, 0) is 9.59 Å². The molecule has 6 heteroatoms. The summed E-state index contributed by atoms with van der Waals surface area (Å²) in [5.41, 5.74) is 5.45. The molecule has 2 amide bonds. The Morgan fingerprint density at radius 3 is 3.11 bits per heavy atom. The number of nitrogens with two attached hydrogens (primary N) is 1. The maximum atomic E-state index is 12.1. The molecule has 0 saturated carbocycles. The van der Waals surface area contributed by atoms with Gasteiger partial charge in [0.2, 0.25) is 11.8 Å². The van der Waals surface area contributed by atoms with Crippen molar-refractivity contribution in [1.29, 1.82) is 0 Å². The normalized spacial score (nSPS) is 26.9. The number of piperidine rings is 1. The molecule has 6 nitrogen and oxygen atoms in total. The van der Waals surface area contributed by atoms with Gasteiger partial charge in [0.1, 0.15) is 0 Å². The third-order valence-corrected chi connectivity index (χ3v) is 4.18. The van der Waals surface area contributed by atoms with Crippen molar-refractivity contribution in [3.63, 3.8) is 0 Å². The second-order valence-corrected chi connectivity index (χ2v) is 5.49. The van der Waals surface area contributed by atoms with Crippen molar-refractivity contribution >= 4 is 11.8 Å². The van der Waals surface area contributed by atoms with Gasteiger partial charge in [-0.05, 0) is 32.4 Å². The van der Waals surface area contributed by atoms with Crippen molar-refractivity contribution < 1.29 is 9.59 Å². The Morgan fingerprint density at radius 2 is 2.37 bits per heavy atom. The van der Waals surface area contributed by atoms with Crippen LogP contribution in [0.1, 0.15) is 19.3 Å². The maximum Gasteiger partial charge on any atom is 0.236 e. The van der Waals surface area contributed by atoms with Crippen molar-refractivity contribution in [1.82, 2.24) is 15.1 Å². The van der Waals surface area contributed by atoms with Crippen molar-refractivity contribution in [2.75, 3.05) is 39.8 Å². The Bertz CT molecular complexity index is 348. The zero-order valence-electron chi connectivity index (χ0n) is 11.6. The van der Waals surface area contributed by atoms with Crippen LogP contribution in [0.2, 0.25) is 0 Å². The van der Waals surface area contributed by atoms with Crippen LogP contribution in [0, 0.1) is 5.92 Å². The van der Waals surface area contributed by atoms with Crippen molar-refractivity contribution in [2.45, 2.75) is 25.3 Å². The molecule has 2 rings (SSSR count). The van der Waals surface area contributed by atoms with Crippen LogP contribution in [0.3, 0.4) is 0 Å². The summed E-state index contributed by atoms with van der Waals surface area (Å²) in [6, 6.07) is 0.202. The number of carbonyl (C=O) groups is 2. The molecule has 0 aromatic rings. The number of fused-ring (bicyclic) bond motifs is 1. The molecular weight excluding hydrogens is 244 g/mol. The molecule has 0 radical (unpaired) electrons. The van der Waals surface area contributed by atoms with Crippen LogP contribution in [0.25, 0.3) is 0 Å². The Labute approximate surface area is 114 Å². The predicted octanol–water partition coefficient (Wildman–Crippen LogP) is -0.996. The van der Waals surface area contributed by atoms with Crippen molar-refractivity contribution in [2.24, 2.45) is 11.7 Å². The van der Waals surface area contributed by atoms with E-state index in [0.29, 0.717) is 26.2 Å². The summed E-state index contributed by atoms with van der Waals surface area (Å²) in [6.45, 7) is 3.31. The average molecular weight is 268 g/mol. The lowest BCUT2D eigenvalue weighted by atomic mass is 9.91. The van der Waals surface area contributed by atoms with E-state index in [1.165, 1.54) is 0 Å². The van der Waals surface area contributed by atoms with Gasteiger partial charge < -0.3 is 16.0 Å². The van der Waals surface area contributed by atoms with Crippen LogP contribution in [0.15, 0.2) is 0 Å². The summed E-state index contributed by atoms with van der Waals surface area (Å²) in [7, 11) is 1.82. The van der Waals surface area contributed by atoms with Gasteiger partial charge in [0.05, 0.1) is 12.5 Å². The molecule has 0 bridgehead atoms. The molecule has 3 N–H and O–H groups in total. The molecule has 2 aliphatic heterocycles. The van der Waals surface area contributed by atoms with E-state index in [1.54, 1.807) is 4.90 Å². The zero-order chi connectivity index (χ0) is 13.8. The lowest BCUT2D eigenvalue weighted by Gasteiger charge is -2.36. The quantitative estimate of drug-likeness (QED) is 0.671. The molecule has 2 aliphatic rings. The van der Waals surface area contributed by atoms with Crippen LogP contribution >= 0.6 is 0 Å². The molecule has 0 aromatic heterocycles. The number of hydrogen-bond donors (Lipinski definition) is 2. The third-order valence-electron chi connectivity index (χ3n) is 4.18. The van der Waals surface area contributed by atoms with E-state index in [4.69, 9.17) is 5.73 Å². The molecular formula is C13H24N4O2. The minimum absolute atomic E-state index is 0.0795. The van der Waals surface area contributed by atoms with E-state index in [2.05, 4.69) is 10.2 Å². The molecule has 2 saturated heterocycles. The van der Waals surface area contributed by atoms with Gasteiger partial charge in [-0.25, -0.2) is 0 Å². The molecule has 2 atom stereocenters. The Hall–Kier alpha value is -1.14. The van der Waals surface area contributed by atoms with Gasteiger partial charge in [-0.1, -0.05) is 0 Å². The molecule has 2 unspecified atom stereocenters. The molecule has 2 fully saturated rings. The summed E-state index contributed by atoms with van der Waals surface area (Å²) in [5, 5.41) is 2.91. The SMILES string of the molecule is CN(CCCN)C(=O)CN1CCCC2C(=O)NCC21. The van der Waals surface area contributed by atoms with Gasteiger partial charge in [-0.2, -0.15) is 0 Å². The fourth-order valence-corrected chi connectivity index (χ4v) is 2.98. The highest BCUT2D eigenvalue weighted by Crippen LogP contribution is 2.27. The van der Waals surface area contributed by atoms with Crippen LogP contribution in [0.4, 0.5) is 0 Å². The summed E-state index contributed by atoms with van der Waals surface area (Å²) in [5.74, 6) is 0.350. The fraction of sp³-hybridized carbons (Fsp3) is 0.846. The van der Waals surface area contributed by atoms with Gasteiger partial charge in [0.15, 0.2) is 0 Å². The lowest BCUT2D eigenvalue weighted by Crippen LogP contribution is -2.50. The lowest BCUT2D eigenvalue weighted by molar-refractivity contribution is -0.133. The van der Waals surface area contributed by atoms with E-state index in [-0.39, 0.29) is 23.8 Å². The maximum absolute atomic E-state index is 12.1. The predicted molar refractivity (Wildman–Crippen MR) is 72.4 cm³/mol. The number of rotatable bonds is 5. The van der Waals surface area contributed by atoms with Crippen LogP contribution in [-0.4, -0.2) is 67.4 Å². The Kier molecular flexibility index (Phi) is 4.76. The summed E-state index contributed by atoms with van der Waals surface area (Å²) >= 11 is 0. The van der Waals surface area contributed by atoms with Crippen molar-refractivity contribution in [3.8, 4) is 0 Å². The molecule has 0 aromatic carbocycles. The average Bonchev–Trinajstić information content (AvgIpc) is 2.79. The first kappa shape index (κ1) is 14.3. The minimum Gasteiger partial charge on any atom is -0.354 e. The zero-order valence-corrected chi connectivity index (χ0v) is 11.6. The Morgan fingerprint density at radius 1 is 1.58 bits per heavy atom. The highest BCUT2D eigenvalue weighted by Gasteiger charge is 2.41. The smallest absolute Gasteiger partial charge is 0.236 e. The first-order valence-corrected chi connectivity index (χ1v) is 7.09. The fourth-order valence-electron chi connectivity index (χ4n) is 2.98. The summed E-state index contributed by atoms with van der Waals surface area (Å²) in [6.07, 6.45) is 2.77. The topological polar surface area (TPSA) is 78.7 Å². The van der Waals surface area contributed by atoms with Gasteiger partial charge >= 0.3 is 0 Å². The van der Waals surface area contributed by atoms with E-state index in [9.17, 15) is 9.59 Å². The number of likely N-dealkylation sites (N-methyl/N-ethyl adjacent to an activating group) is 1. The second kappa shape index (κ2) is 6.34. The highest BCUT2D eigenvalue weighted by atomic mass is 16.2. The molecule has 0 aliphatic carbocycles. The van der Waals surface area contributed by atoms with E-state index < -0.39 is 0 Å². The Balaban J connectivity index is 1.87. The number of carbonyl (C=O) groups excluding carboxylic acids is 2. The number of hydrogen-bond acceptors (Lipinski definition) is 4. The van der Waals surface area contributed by atoms with Gasteiger partial charge in [0, 0.05) is 26.2 Å². The van der Waals surface area contributed by atoms with E-state index in [1.807, 2.05) is 7.05 Å². The molecule has 108 valence electrons.